The van der Waals surface area contributed by atoms with Crippen molar-refractivity contribution in [1.82, 2.24) is 14.9 Å². The maximum atomic E-state index is 12.9. The van der Waals surface area contributed by atoms with Crippen molar-refractivity contribution < 1.29 is 18.0 Å². The van der Waals surface area contributed by atoms with Crippen LogP contribution < -0.4 is 10.6 Å². The summed E-state index contributed by atoms with van der Waals surface area (Å²) >= 11 is 0. The van der Waals surface area contributed by atoms with Crippen molar-refractivity contribution in [2.45, 2.75) is 17.9 Å². The number of sulfonamides is 1. The Balaban J connectivity index is 1.47. The molecule has 1 aliphatic rings. The molecule has 0 unspecified atom stereocenters. The van der Waals surface area contributed by atoms with E-state index in [0.717, 1.165) is 21.0 Å². The van der Waals surface area contributed by atoms with Crippen LogP contribution in [0.2, 0.25) is 0 Å². The number of benzene rings is 3. The standard InChI is InChI=1S/C25H25N3O4S/c1-18(19-10-12-21(13-11-19)20-6-3-2-4-7-20)27-25(30)22-8-5-9-23(16-22)33(31,32)28-15-14-26-24(29)17-28/h2-13,16,18H,14-15,17H2,1H3,(H,26,29)(H,27,30)/t18-/m0/s1. The molecular formula is C25H25N3O4S. The first-order valence-corrected chi connectivity index (χ1v) is 12.1. The maximum Gasteiger partial charge on any atom is 0.251 e. The molecule has 2 N–H and O–H groups in total. The average Bonchev–Trinajstić information content (AvgIpc) is 2.84. The van der Waals surface area contributed by atoms with Crippen LogP contribution >= 0.6 is 0 Å². The molecule has 8 heteroatoms. The van der Waals surface area contributed by atoms with Crippen molar-refractivity contribution in [3.8, 4) is 11.1 Å². The smallest absolute Gasteiger partial charge is 0.251 e. The Morgan fingerprint density at radius 2 is 1.67 bits per heavy atom. The number of carbonyl (C=O) groups is 2. The summed E-state index contributed by atoms with van der Waals surface area (Å²) in [4.78, 5) is 24.4. The van der Waals surface area contributed by atoms with Gasteiger partial charge in [-0.05, 0) is 41.8 Å². The van der Waals surface area contributed by atoms with E-state index in [-0.39, 0.29) is 47.9 Å². The largest absolute Gasteiger partial charge is 0.354 e. The summed E-state index contributed by atoms with van der Waals surface area (Å²) in [7, 11) is -3.87. The summed E-state index contributed by atoms with van der Waals surface area (Å²) in [6.45, 7) is 2.11. The van der Waals surface area contributed by atoms with Crippen molar-refractivity contribution in [2.24, 2.45) is 0 Å². The Labute approximate surface area is 193 Å². The number of carbonyl (C=O) groups excluding carboxylic acids is 2. The Bertz CT molecular complexity index is 1260. The molecule has 0 aliphatic carbocycles. The zero-order chi connectivity index (χ0) is 23.4. The van der Waals surface area contributed by atoms with Gasteiger partial charge in [0.15, 0.2) is 0 Å². The van der Waals surface area contributed by atoms with E-state index >= 15 is 0 Å². The summed E-state index contributed by atoms with van der Waals surface area (Å²) < 4.78 is 27.0. The first-order chi connectivity index (χ1) is 15.8. The van der Waals surface area contributed by atoms with E-state index in [1.807, 2.05) is 61.5 Å². The first kappa shape index (κ1) is 22.7. The second-order valence-electron chi connectivity index (χ2n) is 7.90. The van der Waals surface area contributed by atoms with Crippen LogP contribution in [-0.4, -0.2) is 44.2 Å². The molecule has 0 radical (unpaired) electrons. The molecule has 7 nitrogen and oxygen atoms in total. The summed E-state index contributed by atoms with van der Waals surface area (Å²) in [6.07, 6.45) is 0. The Hall–Kier alpha value is -3.49. The van der Waals surface area contributed by atoms with Gasteiger partial charge < -0.3 is 10.6 Å². The molecular weight excluding hydrogens is 438 g/mol. The third-order valence-corrected chi connectivity index (χ3v) is 7.44. The van der Waals surface area contributed by atoms with Crippen molar-refractivity contribution in [1.29, 1.82) is 0 Å². The molecule has 33 heavy (non-hydrogen) atoms. The minimum absolute atomic E-state index is 0.00952. The normalized spacial score (nSPS) is 15.5. The molecule has 1 fully saturated rings. The Kier molecular flexibility index (Phi) is 6.57. The fourth-order valence-electron chi connectivity index (χ4n) is 3.73. The predicted octanol–water partition coefficient (Wildman–Crippen LogP) is 2.97. The van der Waals surface area contributed by atoms with E-state index in [9.17, 15) is 18.0 Å². The quantitative estimate of drug-likeness (QED) is 0.588. The third-order valence-electron chi connectivity index (χ3n) is 5.60. The number of hydrogen-bond donors (Lipinski definition) is 2. The zero-order valence-corrected chi connectivity index (χ0v) is 19.0. The van der Waals surface area contributed by atoms with Crippen LogP contribution in [0, 0.1) is 0 Å². The first-order valence-electron chi connectivity index (χ1n) is 10.7. The van der Waals surface area contributed by atoms with Crippen molar-refractivity contribution in [3.05, 3.63) is 90.0 Å². The van der Waals surface area contributed by atoms with Crippen molar-refractivity contribution in [3.63, 3.8) is 0 Å². The Morgan fingerprint density at radius 1 is 0.970 bits per heavy atom. The number of rotatable bonds is 6. The lowest BCUT2D eigenvalue weighted by molar-refractivity contribution is -0.122. The van der Waals surface area contributed by atoms with Crippen LogP contribution in [0.5, 0.6) is 0 Å². The Morgan fingerprint density at radius 3 is 2.36 bits per heavy atom. The van der Waals surface area contributed by atoms with Crippen LogP contribution in [0.4, 0.5) is 0 Å². The fourth-order valence-corrected chi connectivity index (χ4v) is 5.17. The summed E-state index contributed by atoms with van der Waals surface area (Å²) in [5.74, 6) is -0.714. The molecule has 4 rings (SSSR count). The van der Waals surface area contributed by atoms with Crippen LogP contribution in [0.15, 0.2) is 83.8 Å². The zero-order valence-electron chi connectivity index (χ0n) is 18.2. The highest BCUT2D eigenvalue weighted by Crippen LogP contribution is 2.23. The number of piperazine rings is 1. The van der Waals surface area contributed by atoms with Crippen molar-refractivity contribution in [2.75, 3.05) is 19.6 Å². The molecule has 1 saturated heterocycles. The predicted molar refractivity (Wildman–Crippen MR) is 126 cm³/mol. The van der Waals surface area contributed by atoms with Gasteiger partial charge in [0, 0.05) is 18.7 Å². The fraction of sp³-hybridized carbons (Fsp3) is 0.200. The number of amides is 2. The summed E-state index contributed by atoms with van der Waals surface area (Å²) in [5, 5.41) is 5.53. The summed E-state index contributed by atoms with van der Waals surface area (Å²) in [6, 6.07) is 23.6. The molecule has 1 heterocycles. The SMILES string of the molecule is C[C@H](NC(=O)c1cccc(S(=O)(=O)N2CCNC(=O)C2)c1)c1ccc(-c2ccccc2)cc1. The minimum atomic E-state index is -3.87. The van der Waals surface area contributed by atoms with E-state index < -0.39 is 10.0 Å². The van der Waals surface area contributed by atoms with E-state index in [1.165, 1.54) is 18.2 Å². The minimum Gasteiger partial charge on any atom is -0.354 e. The van der Waals surface area contributed by atoms with Gasteiger partial charge in [-0.15, -0.1) is 0 Å². The number of nitrogens with one attached hydrogen (secondary N) is 2. The van der Waals surface area contributed by atoms with Gasteiger partial charge in [0.1, 0.15) is 0 Å². The second kappa shape index (κ2) is 9.56. The molecule has 0 aromatic heterocycles. The summed E-state index contributed by atoms with van der Waals surface area (Å²) in [5.41, 5.74) is 3.38. The van der Waals surface area contributed by atoms with E-state index in [2.05, 4.69) is 10.6 Å². The molecule has 0 bridgehead atoms. The lowest BCUT2D eigenvalue weighted by Crippen LogP contribution is -2.49. The lowest BCUT2D eigenvalue weighted by atomic mass is 10.0. The number of nitrogens with zero attached hydrogens (tertiary/aromatic N) is 1. The molecule has 0 saturated carbocycles. The molecule has 0 spiro atoms. The molecule has 1 aliphatic heterocycles. The van der Waals surface area contributed by atoms with Gasteiger partial charge in [-0.3, -0.25) is 9.59 Å². The van der Waals surface area contributed by atoms with Gasteiger partial charge in [0.25, 0.3) is 5.91 Å². The van der Waals surface area contributed by atoms with Crippen molar-refractivity contribution >= 4 is 21.8 Å². The molecule has 2 amide bonds. The van der Waals surface area contributed by atoms with E-state index in [0.29, 0.717) is 0 Å². The van der Waals surface area contributed by atoms with Crippen LogP contribution in [0.25, 0.3) is 11.1 Å². The lowest BCUT2D eigenvalue weighted by Gasteiger charge is -2.26. The molecule has 3 aromatic carbocycles. The van der Waals surface area contributed by atoms with Gasteiger partial charge in [0.2, 0.25) is 15.9 Å². The molecule has 1 atom stereocenters. The highest BCUT2D eigenvalue weighted by Gasteiger charge is 2.29. The van der Waals surface area contributed by atoms with Gasteiger partial charge in [0.05, 0.1) is 17.5 Å². The van der Waals surface area contributed by atoms with Gasteiger partial charge in [-0.1, -0.05) is 60.7 Å². The van der Waals surface area contributed by atoms with Gasteiger partial charge in [-0.2, -0.15) is 4.31 Å². The molecule has 170 valence electrons. The average molecular weight is 464 g/mol. The second-order valence-corrected chi connectivity index (χ2v) is 9.84. The molecule has 3 aromatic rings. The van der Waals surface area contributed by atoms with Crippen LogP contribution in [0.1, 0.15) is 28.9 Å². The monoisotopic (exact) mass is 463 g/mol. The highest BCUT2D eigenvalue weighted by atomic mass is 32.2. The van der Waals surface area contributed by atoms with E-state index in [4.69, 9.17) is 0 Å². The maximum absolute atomic E-state index is 12.9. The topological polar surface area (TPSA) is 95.6 Å². The van der Waals surface area contributed by atoms with E-state index in [1.54, 1.807) is 6.07 Å². The third kappa shape index (κ3) is 5.13. The van der Waals surface area contributed by atoms with Crippen LogP contribution in [0.3, 0.4) is 0 Å². The van der Waals surface area contributed by atoms with Gasteiger partial charge >= 0.3 is 0 Å². The highest BCUT2D eigenvalue weighted by molar-refractivity contribution is 7.89. The van der Waals surface area contributed by atoms with Gasteiger partial charge in [-0.25, -0.2) is 8.42 Å². The van der Waals surface area contributed by atoms with Crippen LogP contribution in [-0.2, 0) is 14.8 Å². The number of hydrogen-bond acceptors (Lipinski definition) is 4.